The Labute approximate surface area is 121 Å². The molecule has 8 heteroatoms. The first-order valence-electron chi connectivity index (χ1n) is 6.13. The van der Waals surface area contributed by atoms with Crippen LogP contribution in [0.1, 0.15) is 5.56 Å². The van der Waals surface area contributed by atoms with Crippen molar-refractivity contribution < 1.29 is 19.3 Å². The van der Waals surface area contributed by atoms with E-state index >= 15 is 0 Å². The van der Waals surface area contributed by atoms with E-state index in [2.05, 4.69) is 20.3 Å². The molecule has 0 fully saturated rings. The highest BCUT2D eigenvalue weighted by atomic mass is 16.5. The van der Waals surface area contributed by atoms with Crippen LogP contribution < -0.4 is 19.5 Å². The first-order valence-corrected chi connectivity index (χ1v) is 6.13. The number of aliphatic hydroxyl groups excluding tert-OH is 1. The molecule has 8 nitrogen and oxygen atoms in total. The minimum Gasteiger partial charge on any atom is -0.493 e. The molecule has 112 valence electrons. The third-order valence-corrected chi connectivity index (χ3v) is 2.61. The molecule has 0 radical (unpaired) electrons. The minimum absolute atomic E-state index is 0.0706. The molecule has 0 spiro atoms. The fraction of sp³-hybridized carbons (Fsp3) is 0.308. The number of aliphatic hydroxyl groups is 1. The van der Waals surface area contributed by atoms with Crippen LogP contribution in [0.3, 0.4) is 0 Å². The van der Waals surface area contributed by atoms with Crippen molar-refractivity contribution in [3.63, 3.8) is 0 Å². The lowest BCUT2D eigenvalue weighted by atomic mass is 10.2. The molecule has 0 aliphatic carbocycles. The van der Waals surface area contributed by atoms with Gasteiger partial charge in [0.25, 0.3) is 0 Å². The highest BCUT2D eigenvalue weighted by molar-refractivity contribution is 5.44. The maximum Gasteiger partial charge on any atom is 0.330 e. The van der Waals surface area contributed by atoms with Gasteiger partial charge in [0.15, 0.2) is 11.5 Å². The molecule has 21 heavy (non-hydrogen) atoms. The summed E-state index contributed by atoms with van der Waals surface area (Å²) in [7, 11) is 4.64. The predicted molar refractivity (Wildman–Crippen MR) is 74.9 cm³/mol. The summed E-state index contributed by atoms with van der Waals surface area (Å²) in [5.41, 5.74) is 0.711. The van der Waals surface area contributed by atoms with Crippen molar-refractivity contribution in [2.24, 2.45) is 0 Å². The number of hydrogen-bond acceptors (Lipinski definition) is 8. The Morgan fingerprint density at radius 3 is 2.43 bits per heavy atom. The van der Waals surface area contributed by atoms with Gasteiger partial charge in [0, 0.05) is 7.05 Å². The number of nitrogens with one attached hydrogen (secondary N) is 1. The zero-order valence-corrected chi connectivity index (χ0v) is 12.0. The lowest BCUT2D eigenvalue weighted by Gasteiger charge is -2.11. The van der Waals surface area contributed by atoms with Crippen LogP contribution in [0.5, 0.6) is 23.5 Å². The van der Waals surface area contributed by atoms with E-state index in [9.17, 15) is 0 Å². The van der Waals surface area contributed by atoms with Gasteiger partial charge in [0.2, 0.25) is 5.95 Å². The number of aromatic nitrogens is 3. The molecule has 0 saturated carbocycles. The molecule has 1 aromatic heterocycles. The van der Waals surface area contributed by atoms with Crippen molar-refractivity contribution in [2.75, 3.05) is 26.6 Å². The van der Waals surface area contributed by atoms with Crippen LogP contribution in [0.4, 0.5) is 5.95 Å². The summed E-state index contributed by atoms with van der Waals surface area (Å²) in [6, 6.07) is 5.26. The molecule has 1 aromatic carbocycles. The summed E-state index contributed by atoms with van der Waals surface area (Å²) in [4.78, 5) is 12.1. The molecule has 2 rings (SSSR count). The molecule has 2 N–H and O–H groups in total. The van der Waals surface area contributed by atoms with Crippen LogP contribution in [0.25, 0.3) is 0 Å². The van der Waals surface area contributed by atoms with Crippen LogP contribution in [-0.4, -0.2) is 41.3 Å². The van der Waals surface area contributed by atoms with E-state index in [1.807, 2.05) is 0 Å². The fourth-order valence-electron chi connectivity index (χ4n) is 1.58. The normalized spacial score (nSPS) is 10.1. The summed E-state index contributed by atoms with van der Waals surface area (Å²) in [6.07, 6.45) is 0. The van der Waals surface area contributed by atoms with Gasteiger partial charge in [-0.15, -0.1) is 4.98 Å². The number of methoxy groups -OCH3 is 2. The highest BCUT2D eigenvalue weighted by Crippen LogP contribution is 2.31. The summed E-state index contributed by atoms with van der Waals surface area (Å²) in [6.45, 7) is -0.0832. The maximum absolute atomic E-state index is 9.12. The van der Waals surface area contributed by atoms with Crippen LogP contribution >= 0.6 is 0 Å². The minimum atomic E-state index is -0.0832. The topological polar surface area (TPSA) is 98.6 Å². The van der Waals surface area contributed by atoms with Crippen molar-refractivity contribution in [2.45, 2.75) is 6.61 Å². The van der Waals surface area contributed by atoms with Gasteiger partial charge >= 0.3 is 12.0 Å². The van der Waals surface area contributed by atoms with E-state index in [0.717, 1.165) is 0 Å². The van der Waals surface area contributed by atoms with Crippen LogP contribution in [-0.2, 0) is 6.61 Å². The second kappa shape index (κ2) is 6.71. The standard InChI is InChI=1S/C13H16N4O4/c1-14-11-15-12(20-3)17-13(16-11)21-9-5-4-8(7-18)6-10(9)19-2/h4-6,18H,7H2,1-3H3,(H,14,15,16,17). The third kappa shape index (κ3) is 3.48. The fourth-order valence-corrected chi connectivity index (χ4v) is 1.58. The first-order chi connectivity index (χ1) is 10.2. The molecule has 1 heterocycles. The van der Waals surface area contributed by atoms with E-state index in [-0.39, 0.29) is 18.6 Å². The summed E-state index contributed by atoms with van der Waals surface area (Å²) in [5.74, 6) is 1.21. The number of anilines is 1. The van der Waals surface area contributed by atoms with Crippen molar-refractivity contribution in [3.8, 4) is 23.5 Å². The Balaban J connectivity index is 2.33. The quantitative estimate of drug-likeness (QED) is 0.820. The molecule has 0 aliphatic heterocycles. The zero-order chi connectivity index (χ0) is 15.2. The van der Waals surface area contributed by atoms with Gasteiger partial charge in [-0.05, 0) is 17.7 Å². The van der Waals surface area contributed by atoms with Gasteiger partial charge in [-0.2, -0.15) is 9.97 Å². The molecule has 0 unspecified atom stereocenters. The molecular formula is C13H16N4O4. The zero-order valence-electron chi connectivity index (χ0n) is 12.0. The van der Waals surface area contributed by atoms with Crippen LogP contribution in [0.2, 0.25) is 0 Å². The van der Waals surface area contributed by atoms with Gasteiger partial charge in [-0.25, -0.2) is 0 Å². The van der Waals surface area contributed by atoms with E-state index < -0.39 is 0 Å². The Hall–Kier alpha value is -2.61. The van der Waals surface area contributed by atoms with E-state index in [1.165, 1.54) is 14.2 Å². The summed E-state index contributed by atoms with van der Waals surface area (Å²) < 4.78 is 15.8. The van der Waals surface area contributed by atoms with E-state index in [1.54, 1.807) is 25.2 Å². The van der Waals surface area contributed by atoms with Gasteiger partial charge < -0.3 is 24.6 Å². The number of benzene rings is 1. The molecule has 2 aromatic rings. The number of nitrogens with zero attached hydrogens (tertiary/aromatic N) is 3. The SMILES string of the molecule is CNc1nc(OC)nc(Oc2ccc(CO)cc2OC)n1. The monoisotopic (exact) mass is 292 g/mol. The Kier molecular flexibility index (Phi) is 4.72. The third-order valence-electron chi connectivity index (χ3n) is 2.61. The average Bonchev–Trinajstić information content (AvgIpc) is 2.54. The molecule has 0 bridgehead atoms. The van der Waals surface area contributed by atoms with E-state index in [0.29, 0.717) is 23.0 Å². The molecule has 0 amide bonds. The second-order valence-corrected chi connectivity index (χ2v) is 3.92. The molecular weight excluding hydrogens is 276 g/mol. The van der Waals surface area contributed by atoms with Crippen molar-refractivity contribution in [1.82, 2.24) is 15.0 Å². The summed E-state index contributed by atoms with van der Waals surface area (Å²) >= 11 is 0. The number of hydrogen-bond donors (Lipinski definition) is 2. The number of ether oxygens (including phenoxy) is 3. The molecule has 0 atom stereocenters. The van der Waals surface area contributed by atoms with Gasteiger partial charge in [-0.1, -0.05) is 6.07 Å². The van der Waals surface area contributed by atoms with Gasteiger partial charge in [0.1, 0.15) is 0 Å². The van der Waals surface area contributed by atoms with E-state index in [4.69, 9.17) is 19.3 Å². The largest absolute Gasteiger partial charge is 0.493 e. The molecule has 0 aliphatic rings. The Morgan fingerprint density at radius 2 is 1.81 bits per heavy atom. The highest BCUT2D eigenvalue weighted by Gasteiger charge is 2.12. The van der Waals surface area contributed by atoms with Crippen LogP contribution in [0.15, 0.2) is 18.2 Å². The predicted octanol–water partition coefficient (Wildman–Crippen LogP) is 1.22. The van der Waals surface area contributed by atoms with Crippen molar-refractivity contribution in [3.05, 3.63) is 23.8 Å². The van der Waals surface area contributed by atoms with Gasteiger partial charge in [-0.3, -0.25) is 0 Å². The lowest BCUT2D eigenvalue weighted by Crippen LogP contribution is -2.03. The van der Waals surface area contributed by atoms with Gasteiger partial charge in [0.05, 0.1) is 20.8 Å². The lowest BCUT2D eigenvalue weighted by molar-refractivity contribution is 0.280. The smallest absolute Gasteiger partial charge is 0.330 e. The van der Waals surface area contributed by atoms with Crippen LogP contribution in [0, 0.1) is 0 Å². The van der Waals surface area contributed by atoms with Crippen molar-refractivity contribution in [1.29, 1.82) is 0 Å². The molecule has 0 saturated heterocycles. The first kappa shape index (κ1) is 14.8. The summed E-state index contributed by atoms with van der Waals surface area (Å²) in [5, 5.41) is 11.9. The maximum atomic E-state index is 9.12. The second-order valence-electron chi connectivity index (χ2n) is 3.92. The Bertz CT molecular complexity index is 599. The Morgan fingerprint density at radius 1 is 1.05 bits per heavy atom. The van der Waals surface area contributed by atoms with Crippen molar-refractivity contribution >= 4 is 5.95 Å². The average molecular weight is 292 g/mol. The number of rotatable bonds is 6.